The molecule has 152 valence electrons. The second kappa shape index (κ2) is 9.62. The number of amides is 1. The molecule has 29 heavy (non-hydrogen) atoms. The third-order valence-electron chi connectivity index (χ3n) is 5.31. The third-order valence-corrected chi connectivity index (χ3v) is 5.31. The van der Waals surface area contributed by atoms with E-state index < -0.39 is 0 Å². The molecule has 2 fully saturated rings. The summed E-state index contributed by atoms with van der Waals surface area (Å²) in [4.78, 5) is 27.9. The number of hydrogen-bond donors (Lipinski definition) is 0. The number of hydrogen-bond acceptors (Lipinski definition) is 6. The largest absolute Gasteiger partial charge is 0.378 e. The molecule has 2 aromatic rings. The first-order chi connectivity index (χ1) is 14.3. The normalized spacial score (nSPS) is 18.3. The van der Waals surface area contributed by atoms with Crippen molar-refractivity contribution in [1.29, 1.82) is 0 Å². The standard InChI is InChI=1S/C22H27N5O2/c28-21(20-17-23-22(24-18-20)27-13-15-29-16-14-27)26-11-9-25(10-12-26)8-4-7-19-5-2-1-3-6-19/h1-7,17-18H,8-16H2/b7-4+. The smallest absolute Gasteiger partial charge is 0.257 e. The number of rotatable bonds is 5. The van der Waals surface area contributed by atoms with E-state index in [9.17, 15) is 4.79 Å². The van der Waals surface area contributed by atoms with Crippen molar-refractivity contribution in [2.75, 3.05) is 63.9 Å². The number of ether oxygens (including phenoxy) is 1. The van der Waals surface area contributed by atoms with Crippen LogP contribution in [0.3, 0.4) is 0 Å². The molecule has 1 aromatic carbocycles. The van der Waals surface area contributed by atoms with Gasteiger partial charge in [-0.1, -0.05) is 42.5 Å². The van der Waals surface area contributed by atoms with E-state index >= 15 is 0 Å². The van der Waals surface area contributed by atoms with Crippen LogP contribution < -0.4 is 4.90 Å². The Kier molecular flexibility index (Phi) is 6.49. The first kappa shape index (κ1) is 19.5. The highest BCUT2D eigenvalue weighted by atomic mass is 16.5. The molecular formula is C22H27N5O2. The molecule has 3 heterocycles. The number of morpholine rings is 1. The summed E-state index contributed by atoms with van der Waals surface area (Å²) in [5.41, 5.74) is 1.77. The number of nitrogens with zero attached hydrogens (tertiary/aromatic N) is 5. The van der Waals surface area contributed by atoms with E-state index in [2.05, 4.69) is 44.1 Å². The van der Waals surface area contributed by atoms with Crippen molar-refractivity contribution in [3.63, 3.8) is 0 Å². The van der Waals surface area contributed by atoms with Crippen molar-refractivity contribution in [1.82, 2.24) is 19.8 Å². The first-order valence-corrected chi connectivity index (χ1v) is 10.2. The predicted molar refractivity (Wildman–Crippen MR) is 113 cm³/mol. The van der Waals surface area contributed by atoms with Crippen molar-refractivity contribution in [3.8, 4) is 0 Å². The van der Waals surface area contributed by atoms with Crippen molar-refractivity contribution in [2.45, 2.75) is 0 Å². The SMILES string of the molecule is O=C(c1cnc(N2CCOCC2)nc1)N1CCN(C/C=C/c2ccccc2)CC1. The Morgan fingerprint density at radius 3 is 2.34 bits per heavy atom. The second-order valence-corrected chi connectivity index (χ2v) is 7.28. The number of benzene rings is 1. The topological polar surface area (TPSA) is 61.8 Å². The lowest BCUT2D eigenvalue weighted by atomic mass is 10.2. The average Bonchev–Trinajstić information content (AvgIpc) is 2.80. The lowest BCUT2D eigenvalue weighted by molar-refractivity contribution is 0.0649. The Bertz CT molecular complexity index is 811. The van der Waals surface area contributed by atoms with Gasteiger partial charge in [0, 0.05) is 58.2 Å². The van der Waals surface area contributed by atoms with Gasteiger partial charge in [0.15, 0.2) is 0 Å². The van der Waals surface area contributed by atoms with Crippen molar-refractivity contribution < 1.29 is 9.53 Å². The molecule has 2 saturated heterocycles. The van der Waals surface area contributed by atoms with Crippen LogP contribution in [-0.2, 0) is 4.74 Å². The number of carbonyl (C=O) groups is 1. The summed E-state index contributed by atoms with van der Waals surface area (Å²) < 4.78 is 5.35. The van der Waals surface area contributed by atoms with E-state index in [0.29, 0.717) is 24.7 Å². The fourth-order valence-electron chi connectivity index (χ4n) is 3.58. The van der Waals surface area contributed by atoms with Crippen LogP contribution in [0.25, 0.3) is 6.08 Å². The van der Waals surface area contributed by atoms with Gasteiger partial charge in [-0.3, -0.25) is 9.69 Å². The van der Waals surface area contributed by atoms with Gasteiger partial charge in [-0.05, 0) is 5.56 Å². The summed E-state index contributed by atoms with van der Waals surface area (Å²) in [6, 6.07) is 10.3. The zero-order chi connectivity index (χ0) is 19.9. The van der Waals surface area contributed by atoms with Crippen LogP contribution >= 0.6 is 0 Å². The minimum atomic E-state index is 0.0120. The maximum Gasteiger partial charge on any atom is 0.257 e. The molecule has 0 aliphatic carbocycles. The summed E-state index contributed by atoms with van der Waals surface area (Å²) in [7, 11) is 0. The first-order valence-electron chi connectivity index (χ1n) is 10.2. The molecule has 0 bridgehead atoms. The van der Waals surface area contributed by atoms with Gasteiger partial charge < -0.3 is 14.5 Å². The highest BCUT2D eigenvalue weighted by Crippen LogP contribution is 2.12. The lowest BCUT2D eigenvalue weighted by Crippen LogP contribution is -2.48. The van der Waals surface area contributed by atoms with E-state index in [0.717, 1.165) is 45.8 Å². The van der Waals surface area contributed by atoms with E-state index in [-0.39, 0.29) is 5.91 Å². The highest BCUT2D eigenvalue weighted by Gasteiger charge is 2.22. The Labute approximate surface area is 171 Å². The quantitative estimate of drug-likeness (QED) is 0.772. The van der Waals surface area contributed by atoms with Gasteiger partial charge in [-0.15, -0.1) is 0 Å². The molecule has 0 N–H and O–H groups in total. The maximum absolute atomic E-state index is 12.8. The van der Waals surface area contributed by atoms with Crippen LogP contribution in [0.5, 0.6) is 0 Å². The Morgan fingerprint density at radius 2 is 1.66 bits per heavy atom. The van der Waals surface area contributed by atoms with Crippen molar-refractivity contribution in [3.05, 3.63) is 59.9 Å². The Morgan fingerprint density at radius 1 is 0.966 bits per heavy atom. The van der Waals surface area contributed by atoms with E-state index in [1.807, 2.05) is 23.1 Å². The highest BCUT2D eigenvalue weighted by molar-refractivity contribution is 5.93. The minimum Gasteiger partial charge on any atom is -0.378 e. The van der Waals surface area contributed by atoms with Gasteiger partial charge in [-0.2, -0.15) is 0 Å². The van der Waals surface area contributed by atoms with E-state index in [4.69, 9.17) is 4.74 Å². The van der Waals surface area contributed by atoms with Crippen LogP contribution in [0.15, 0.2) is 48.8 Å². The van der Waals surface area contributed by atoms with Crippen LogP contribution in [0.2, 0.25) is 0 Å². The van der Waals surface area contributed by atoms with Gasteiger partial charge >= 0.3 is 0 Å². The molecule has 0 spiro atoms. The third kappa shape index (κ3) is 5.19. The zero-order valence-electron chi connectivity index (χ0n) is 16.6. The summed E-state index contributed by atoms with van der Waals surface area (Å²) in [5, 5.41) is 0. The minimum absolute atomic E-state index is 0.0120. The summed E-state index contributed by atoms with van der Waals surface area (Å²) in [6.07, 6.45) is 7.63. The molecule has 0 radical (unpaired) electrons. The van der Waals surface area contributed by atoms with Crippen LogP contribution in [0.1, 0.15) is 15.9 Å². The van der Waals surface area contributed by atoms with Gasteiger partial charge in [0.05, 0.1) is 18.8 Å². The molecule has 2 aliphatic heterocycles. The van der Waals surface area contributed by atoms with Crippen molar-refractivity contribution >= 4 is 17.9 Å². The van der Waals surface area contributed by atoms with E-state index in [1.54, 1.807) is 12.4 Å². The van der Waals surface area contributed by atoms with Gasteiger partial charge in [-0.25, -0.2) is 9.97 Å². The van der Waals surface area contributed by atoms with Gasteiger partial charge in [0.2, 0.25) is 5.95 Å². The molecule has 7 heteroatoms. The lowest BCUT2D eigenvalue weighted by Gasteiger charge is -2.34. The molecular weight excluding hydrogens is 366 g/mol. The number of aromatic nitrogens is 2. The number of anilines is 1. The number of carbonyl (C=O) groups excluding carboxylic acids is 1. The van der Waals surface area contributed by atoms with Gasteiger partial charge in [0.1, 0.15) is 0 Å². The summed E-state index contributed by atoms with van der Waals surface area (Å²) in [5.74, 6) is 0.679. The van der Waals surface area contributed by atoms with Crippen LogP contribution in [0.4, 0.5) is 5.95 Å². The Balaban J connectivity index is 1.26. The van der Waals surface area contributed by atoms with Crippen molar-refractivity contribution in [2.24, 2.45) is 0 Å². The number of piperazine rings is 1. The molecule has 0 atom stereocenters. The summed E-state index contributed by atoms with van der Waals surface area (Å²) >= 11 is 0. The zero-order valence-corrected chi connectivity index (χ0v) is 16.6. The molecule has 0 saturated carbocycles. The molecule has 7 nitrogen and oxygen atoms in total. The Hall–Kier alpha value is -2.77. The molecule has 1 aromatic heterocycles. The molecule has 4 rings (SSSR count). The monoisotopic (exact) mass is 393 g/mol. The molecule has 2 aliphatic rings. The van der Waals surface area contributed by atoms with E-state index in [1.165, 1.54) is 5.56 Å². The molecule has 1 amide bonds. The second-order valence-electron chi connectivity index (χ2n) is 7.28. The summed E-state index contributed by atoms with van der Waals surface area (Å²) in [6.45, 7) is 7.04. The predicted octanol–water partition coefficient (Wildman–Crippen LogP) is 1.78. The fraction of sp³-hybridized carbons (Fsp3) is 0.409. The van der Waals surface area contributed by atoms with Gasteiger partial charge in [0.25, 0.3) is 5.91 Å². The average molecular weight is 393 g/mol. The molecule has 0 unspecified atom stereocenters. The van der Waals surface area contributed by atoms with Crippen LogP contribution in [0, 0.1) is 0 Å². The maximum atomic E-state index is 12.8. The van der Waals surface area contributed by atoms with Crippen LogP contribution in [-0.4, -0.2) is 84.7 Å². The fourth-order valence-corrected chi connectivity index (χ4v) is 3.58.